The van der Waals surface area contributed by atoms with Crippen LogP contribution in [0.25, 0.3) is 0 Å². The van der Waals surface area contributed by atoms with E-state index in [4.69, 9.17) is 14.9 Å². The van der Waals surface area contributed by atoms with Crippen LogP contribution in [0.15, 0.2) is 0 Å². The fourth-order valence-corrected chi connectivity index (χ4v) is 0.760. The molecule has 0 aliphatic carbocycles. The molecule has 1 heterocycles. The lowest BCUT2D eigenvalue weighted by Crippen LogP contribution is -2.27. The van der Waals surface area contributed by atoms with Gasteiger partial charge in [0, 0.05) is 0 Å². The Morgan fingerprint density at radius 2 is 2.12 bits per heavy atom. The van der Waals surface area contributed by atoms with Crippen LogP contribution in [0, 0.1) is 0 Å². The number of hydrogen-bond donors (Lipinski definition) is 2. The molecule has 1 rings (SSSR count). The highest BCUT2D eigenvalue weighted by Gasteiger charge is 2.30. The third-order valence-electron chi connectivity index (χ3n) is 1.41. The Hall–Kier alpha value is -0.120. The normalized spacial score (nSPS) is 47.6. The van der Waals surface area contributed by atoms with Gasteiger partial charge in [0.2, 0.25) is 0 Å². The smallest absolute Gasteiger partial charge is 0.108 e. The number of aliphatic hydroxyl groups is 2. The van der Waals surface area contributed by atoms with Crippen LogP contribution in [0.4, 0.5) is 0 Å². The third kappa shape index (κ3) is 0.844. The molecule has 1 saturated heterocycles. The quantitative estimate of drug-likeness (QED) is 0.434. The van der Waals surface area contributed by atoms with Crippen molar-refractivity contribution in [3.8, 4) is 0 Å². The number of hydrogen-bond acceptors (Lipinski definition) is 3. The molecule has 3 atom stereocenters. The molecule has 0 saturated carbocycles. The molecule has 48 valence electrons. The van der Waals surface area contributed by atoms with Gasteiger partial charge in [0.15, 0.2) is 0 Å². The second-order valence-corrected chi connectivity index (χ2v) is 2.10. The molecular weight excluding hydrogens is 108 g/mol. The van der Waals surface area contributed by atoms with Gasteiger partial charge in [-0.15, -0.1) is 0 Å². The zero-order chi connectivity index (χ0) is 6.15. The minimum absolute atomic E-state index is 0.204. The van der Waals surface area contributed by atoms with Crippen molar-refractivity contribution in [2.75, 3.05) is 6.61 Å². The van der Waals surface area contributed by atoms with Gasteiger partial charge in [-0.25, -0.2) is 0 Å². The molecule has 0 spiro atoms. The van der Waals surface area contributed by atoms with Crippen molar-refractivity contribution in [2.24, 2.45) is 0 Å². The Morgan fingerprint density at radius 3 is 2.25 bits per heavy atom. The van der Waals surface area contributed by atoms with Gasteiger partial charge < -0.3 is 14.9 Å². The summed E-state index contributed by atoms with van der Waals surface area (Å²) >= 11 is 0. The molecule has 0 bridgehead atoms. The highest BCUT2D eigenvalue weighted by molar-refractivity contribution is 4.79. The summed E-state index contributed by atoms with van der Waals surface area (Å²) in [5.74, 6) is 0. The van der Waals surface area contributed by atoms with Crippen LogP contribution in [-0.4, -0.2) is 35.1 Å². The van der Waals surface area contributed by atoms with Gasteiger partial charge in [-0.2, -0.15) is 0 Å². The second kappa shape index (κ2) is 2.01. The van der Waals surface area contributed by atoms with E-state index in [0.717, 1.165) is 0 Å². The molecule has 3 nitrogen and oxygen atoms in total. The van der Waals surface area contributed by atoms with Crippen LogP contribution in [-0.2, 0) is 4.74 Å². The van der Waals surface area contributed by atoms with Crippen molar-refractivity contribution in [3.05, 3.63) is 0 Å². The molecule has 2 N–H and O–H groups in total. The van der Waals surface area contributed by atoms with E-state index in [1.807, 2.05) is 0 Å². The summed E-state index contributed by atoms with van der Waals surface area (Å²) in [4.78, 5) is 0. The van der Waals surface area contributed by atoms with Crippen LogP contribution in [0.2, 0.25) is 0 Å². The lowest BCUT2D eigenvalue weighted by molar-refractivity contribution is 0.0318. The zero-order valence-corrected chi connectivity index (χ0v) is 4.74. The summed E-state index contributed by atoms with van der Waals surface area (Å²) in [6.07, 6.45) is -1.56. The molecule has 0 aromatic rings. The summed E-state index contributed by atoms with van der Waals surface area (Å²) < 4.78 is 4.88. The molecule has 0 aromatic carbocycles. The second-order valence-electron chi connectivity index (χ2n) is 2.10. The first-order valence-electron chi connectivity index (χ1n) is 2.69. The Kier molecular flexibility index (Phi) is 1.51. The van der Waals surface area contributed by atoms with Crippen molar-refractivity contribution in [1.82, 2.24) is 0 Å². The van der Waals surface area contributed by atoms with E-state index >= 15 is 0 Å². The molecular formula is C5H10O3. The molecule has 3 heteroatoms. The summed E-state index contributed by atoms with van der Waals surface area (Å²) in [6, 6.07) is 0. The summed E-state index contributed by atoms with van der Waals surface area (Å²) in [6.45, 7) is 2.00. The van der Waals surface area contributed by atoms with E-state index in [2.05, 4.69) is 0 Å². The van der Waals surface area contributed by atoms with Crippen LogP contribution >= 0.6 is 0 Å². The first-order valence-corrected chi connectivity index (χ1v) is 2.69. The van der Waals surface area contributed by atoms with Crippen LogP contribution in [0.5, 0.6) is 0 Å². The monoisotopic (exact) mass is 118 g/mol. The molecule has 8 heavy (non-hydrogen) atoms. The fraction of sp³-hybridized carbons (Fsp3) is 1.00. The number of rotatable bonds is 0. The van der Waals surface area contributed by atoms with Crippen molar-refractivity contribution in [2.45, 2.75) is 25.2 Å². The molecule has 1 aliphatic rings. The van der Waals surface area contributed by atoms with E-state index in [9.17, 15) is 0 Å². The Morgan fingerprint density at radius 1 is 1.50 bits per heavy atom. The van der Waals surface area contributed by atoms with Crippen LogP contribution in [0.3, 0.4) is 0 Å². The Balaban J connectivity index is 2.44. The van der Waals surface area contributed by atoms with Gasteiger partial charge in [-0.1, -0.05) is 0 Å². The largest absolute Gasteiger partial charge is 0.388 e. The molecule has 0 unspecified atom stereocenters. The highest BCUT2D eigenvalue weighted by Crippen LogP contribution is 2.12. The molecule has 1 fully saturated rings. The van der Waals surface area contributed by atoms with E-state index in [-0.39, 0.29) is 12.7 Å². The first kappa shape index (κ1) is 6.01. The van der Waals surface area contributed by atoms with Crippen LogP contribution in [0.1, 0.15) is 6.92 Å². The van der Waals surface area contributed by atoms with Crippen molar-refractivity contribution in [3.63, 3.8) is 0 Å². The van der Waals surface area contributed by atoms with Crippen molar-refractivity contribution < 1.29 is 14.9 Å². The van der Waals surface area contributed by atoms with Crippen LogP contribution < -0.4 is 0 Å². The minimum Gasteiger partial charge on any atom is -0.388 e. The van der Waals surface area contributed by atoms with E-state index in [1.54, 1.807) is 6.92 Å². The lowest BCUT2D eigenvalue weighted by Gasteiger charge is -2.07. The standard InChI is InChI=1S/C5H10O3/c1-3-5(7)4(6)2-8-3/h3-7H,2H2,1H3/t3-,4-,5-/m0/s1. The van der Waals surface area contributed by atoms with E-state index in [0.29, 0.717) is 0 Å². The van der Waals surface area contributed by atoms with E-state index < -0.39 is 12.2 Å². The topological polar surface area (TPSA) is 49.7 Å². The SMILES string of the molecule is C[C@@H]1OC[C@H](O)[C@H]1O. The first-order chi connectivity index (χ1) is 3.72. The maximum Gasteiger partial charge on any atom is 0.108 e. The van der Waals surface area contributed by atoms with Gasteiger partial charge in [0.05, 0.1) is 12.7 Å². The average Bonchev–Trinajstić information content (AvgIpc) is 1.98. The van der Waals surface area contributed by atoms with Gasteiger partial charge in [-0.3, -0.25) is 0 Å². The fourth-order valence-electron chi connectivity index (χ4n) is 0.760. The molecule has 0 amide bonds. The minimum atomic E-state index is -0.685. The maximum absolute atomic E-state index is 8.89. The predicted octanol–water partition coefficient (Wildman–Crippen LogP) is -0.873. The highest BCUT2D eigenvalue weighted by atomic mass is 16.5. The van der Waals surface area contributed by atoms with Gasteiger partial charge in [-0.05, 0) is 6.92 Å². The van der Waals surface area contributed by atoms with Crippen molar-refractivity contribution in [1.29, 1.82) is 0 Å². The predicted molar refractivity (Wildman–Crippen MR) is 27.4 cm³/mol. The maximum atomic E-state index is 8.89. The number of aliphatic hydroxyl groups excluding tert-OH is 2. The lowest BCUT2D eigenvalue weighted by atomic mass is 10.2. The Labute approximate surface area is 47.9 Å². The summed E-state index contributed by atoms with van der Waals surface area (Å²) in [5.41, 5.74) is 0. The van der Waals surface area contributed by atoms with E-state index in [1.165, 1.54) is 0 Å². The summed E-state index contributed by atoms with van der Waals surface area (Å²) in [5, 5.41) is 17.7. The third-order valence-corrected chi connectivity index (χ3v) is 1.41. The Bertz CT molecular complexity index is 73.7. The molecule has 0 radical (unpaired) electrons. The summed E-state index contributed by atoms with van der Waals surface area (Å²) in [7, 11) is 0. The average molecular weight is 118 g/mol. The van der Waals surface area contributed by atoms with Gasteiger partial charge in [0.25, 0.3) is 0 Å². The van der Waals surface area contributed by atoms with Gasteiger partial charge in [0.1, 0.15) is 12.2 Å². The number of ether oxygens (including phenoxy) is 1. The van der Waals surface area contributed by atoms with Gasteiger partial charge >= 0.3 is 0 Å². The van der Waals surface area contributed by atoms with Crippen molar-refractivity contribution >= 4 is 0 Å². The molecule has 1 aliphatic heterocycles. The zero-order valence-electron chi connectivity index (χ0n) is 4.74. The molecule has 0 aromatic heterocycles.